The highest BCUT2D eigenvalue weighted by atomic mass is 16.2. The number of amidine groups is 1. The van der Waals surface area contributed by atoms with Crippen LogP contribution in [0.5, 0.6) is 0 Å². The topological polar surface area (TPSA) is 57.1 Å². The van der Waals surface area contributed by atoms with E-state index in [2.05, 4.69) is 21.7 Å². The Kier molecular flexibility index (Phi) is 3.69. The van der Waals surface area contributed by atoms with E-state index in [1.165, 1.54) is 38.5 Å². The van der Waals surface area contributed by atoms with Crippen molar-refractivity contribution in [2.24, 2.45) is 33.4 Å². The monoisotopic (exact) mass is 376 g/mol. The second-order valence-corrected chi connectivity index (χ2v) is 9.84. The highest BCUT2D eigenvalue weighted by molar-refractivity contribution is 6.11. The van der Waals surface area contributed by atoms with Crippen LogP contribution in [0.4, 0.5) is 5.69 Å². The first-order chi connectivity index (χ1) is 13.7. The van der Waals surface area contributed by atoms with Crippen molar-refractivity contribution in [3.05, 3.63) is 29.8 Å². The van der Waals surface area contributed by atoms with Crippen LogP contribution in [0.2, 0.25) is 0 Å². The Bertz CT molecular complexity index is 838. The van der Waals surface area contributed by atoms with Crippen LogP contribution in [0.15, 0.2) is 34.5 Å². The lowest BCUT2D eigenvalue weighted by Gasteiger charge is -2.55. The second-order valence-electron chi connectivity index (χ2n) is 9.84. The zero-order valence-electron chi connectivity index (χ0n) is 16.3. The summed E-state index contributed by atoms with van der Waals surface area (Å²) in [6, 6.07) is 7.78. The zero-order chi connectivity index (χ0) is 18.7. The van der Waals surface area contributed by atoms with Crippen LogP contribution in [0.3, 0.4) is 0 Å². The first kappa shape index (κ1) is 16.8. The normalized spacial score (nSPS) is 39.9. The predicted octanol–water partition coefficient (Wildman–Crippen LogP) is 4.32. The van der Waals surface area contributed by atoms with Crippen molar-refractivity contribution in [3.63, 3.8) is 0 Å². The summed E-state index contributed by atoms with van der Waals surface area (Å²) in [5, 5.41) is 12.8. The molecule has 0 unspecified atom stereocenters. The van der Waals surface area contributed by atoms with Crippen molar-refractivity contribution in [1.82, 2.24) is 4.90 Å². The summed E-state index contributed by atoms with van der Waals surface area (Å²) >= 11 is 0. The maximum Gasteiger partial charge on any atom is 0.256 e. The number of rotatable bonds is 2. The van der Waals surface area contributed by atoms with Crippen LogP contribution in [0.1, 0.15) is 61.7 Å². The molecule has 1 saturated heterocycles. The lowest BCUT2D eigenvalue weighted by molar-refractivity contribution is -0.00969. The third-order valence-electron chi connectivity index (χ3n) is 7.83. The number of benzene rings is 1. The number of amides is 1. The Morgan fingerprint density at radius 1 is 1.07 bits per heavy atom. The van der Waals surface area contributed by atoms with Crippen LogP contribution >= 0.6 is 0 Å². The average molecular weight is 377 g/mol. The molecular formula is C23H28N4O. The minimum absolute atomic E-state index is 0.0217. The summed E-state index contributed by atoms with van der Waals surface area (Å²) in [6.07, 6.45) is 12.4. The number of fused-ring (bicyclic) bond motifs is 2. The number of para-hydroxylation sites is 1. The van der Waals surface area contributed by atoms with Gasteiger partial charge in [0, 0.05) is 18.2 Å². The molecule has 4 bridgehead atoms. The fourth-order valence-corrected chi connectivity index (χ4v) is 7.09. The molecule has 1 aromatic rings. The van der Waals surface area contributed by atoms with E-state index in [0.29, 0.717) is 0 Å². The molecule has 1 amide bonds. The van der Waals surface area contributed by atoms with Crippen molar-refractivity contribution in [2.75, 3.05) is 11.9 Å². The molecule has 1 aromatic carbocycles. The van der Waals surface area contributed by atoms with Gasteiger partial charge in [0.2, 0.25) is 0 Å². The molecular weight excluding hydrogens is 348 g/mol. The first-order valence-corrected chi connectivity index (χ1v) is 11.0. The highest BCUT2D eigenvalue weighted by Crippen LogP contribution is 2.59. The molecule has 6 aliphatic rings. The Hall–Kier alpha value is -2.17. The van der Waals surface area contributed by atoms with Crippen LogP contribution in [-0.2, 0) is 0 Å². The van der Waals surface area contributed by atoms with Gasteiger partial charge in [0.1, 0.15) is 0 Å². The summed E-state index contributed by atoms with van der Waals surface area (Å²) in [5.41, 5.74) is 1.88. The first-order valence-electron chi connectivity index (χ1n) is 11.0. The van der Waals surface area contributed by atoms with Crippen molar-refractivity contribution in [1.29, 1.82) is 0 Å². The van der Waals surface area contributed by atoms with Gasteiger partial charge in [-0.15, -0.1) is 5.10 Å². The Labute approximate surface area is 166 Å². The SMILES string of the molecule is O=C1c2ccccc2N/C(=N/N=CC23CC4CC(CC(C4)C2)C3)[C@@H]2CCCN12. The molecule has 5 heteroatoms. The van der Waals surface area contributed by atoms with E-state index >= 15 is 0 Å². The molecule has 0 radical (unpaired) electrons. The van der Waals surface area contributed by atoms with Gasteiger partial charge in [-0.1, -0.05) is 12.1 Å². The van der Waals surface area contributed by atoms with E-state index in [9.17, 15) is 4.79 Å². The third-order valence-corrected chi connectivity index (χ3v) is 7.83. The molecule has 7 rings (SSSR count). The summed E-state index contributed by atoms with van der Waals surface area (Å²) in [4.78, 5) is 14.9. The molecule has 2 heterocycles. The maximum absolute atomic E-state index is 13.0. The van der Waals surface area contributed by atoms with E-state index in [1.807, 2.05) is 29.2 Å². The quantitative estimate of drug-likeness (QED) is 0.617. The van der Waals surface area contributed by atoms with Gasteiger partial charge in [-0.25, -0.2) is 0 Å². The Morgan fingerprint density at radius 3 is 2.54 bits per heavy atom. The molecule has 146 valence electrons. The van der Waals surface area contributed by atoms with Gasteiger partial charge in [-0.3, -0.25) is 4.79 Å². The van der Waals surface area contributed by atoms with Gasteiger partial charge in [0.25, 0.3) is 5.91 Å². The molecule has 1 atom stereocenters. The summed E-state index contributed by atoms with van der Waals surface area (Å²) in [7, 11) is 0. The van der Waals surface area contributed by atoms with Gasteiger partial charge in [0.15, 0.2) is 5.84 Å². The summed E-state index contributed by atoms with van der Waals surface area (Å²) in [5.74, 6) is 3.68. The van der Waals surface area contributed by atoms with Crippen molar-refractivity contribution in [3.8, 4) is 0 Å². The minimum atomic E-state index is 0.0217. The molecule has 0 spiro atoms. The number of hydrogen-bond donors (Lipinski definition) is 1. The van der Waals surface area contributed by atoms with Crippen LogP contribution in [0.25, 0.3) is 0 Å². The van der Waals surface area contributed by atoms with E-state index in [1.54, 1.807) is 0 Å². The average Bonchev–Trinajstić information content (AvgIpc) is 3.12. The third kappa shape index (κ3) is 2.62. The minimum Gasteiger partial charge on any atom is -0.340 e. The van der Waals surface area contributed by atoms with E-state index < -0.39 is 0 Å². The summed E-state index contributed by atoms with van der Waals surface area (Å²) in [6.45, 7) is 0.803. The number of carbonyl (C=O) groups is 1. The highest BCUT2D eigenvalue weighted by Gasteiger charge is 2.50. The number of nitrogens with one attached hydrogen (secondary N) is 1. The Morgan fingerprint density at radius 2 is 1.79 bits per heavy atom. The molecule has 4 aliphatic carbocycles. The fourth-order valence-electron chi connectivity index (χ4n) is 7.09. The van der Waals surface area contributed by atoms with Crippen molar-refractivity contribution in [2.45, 2.75) is 57.4 Å². The molecule has 4 saturated carbocycles. The molecule has 2 aliphatic heterocycles. The van der Waals surface area contributed by atoms with E-state index in [-0.39, 0.29) is 17.4 Å². The van der Waals surface area contributed by atoms with Crippen LogP contribution in [0, 0.1) is 23.2 Å². The van der Waals surface area contributed by atoms with Crippen LogP contribution < -0.4 is 5.32 Å². The largest absolute Gasteiger partial charge is 0.340 e. The number of anilines is 1. The molecule has 5 nitrogen and oxygen atoms in total. The Balaban J connectivity index is 1.31. The van der Waals surface area contributed by atoms with Gasteiger partial charge in [-0.05, 0) is 81.3 Å². The van der Waals surface area contributed by atoms with Crippen molar-refractivity contribution < 1.29 is 4.79 Å². The summed E-state index contributed by atoms with van der Waals surface area (Å²) < 4.78 is 0. The van der Waals surface area contributed by atoms with Gasteiger partial charge in [-0.2, -0.15) is 5.10 Å². The fraction of sp³-hybridized carbons (Fsp3) is 0.609. The van der Waals surface area contributed by atoms with Crippen molar-refractivity contribution >= 4 is 23.6 Å². The lowest BCUT2D eigenvalue weighted by Crippen LogP contribution is -2.46. The van der Waals surface area contributed by atoms with E-state index in [4.69, 9.17) is 0 Å². The van der Waals surface area contributed by atoms with Gasteiger partial charge >= 0.3 is 0 Å². The number of carbonyl (C=O) groups excluding carboxylic acids is 1. The molecule has 0 aromatic heterocycles. The number of hydrogen-bond acceptors (Lipinski definition) is 3. The molecule has 1 N–H and O–H groups in total. The molecule has 28 heavy (non-hydrogen) atoms. The predicted molar refractivity (Wildman–Crippen MR) is 111 cm³/mol. The van der Waals surface area contributed by atoms with Gasteiger partial charge in [0.05, 0.1) is 17.3 Å². The standard InChI is InChI=1S/C23H28N4O/c28-22-18-4-1-2-5-19(18)25-21(20-6-3-7-27(20)22)26-24-14-23-11-15-8-16(12-23)10-17(9-15)13-23/h1-2,4-5,14-17,20H,3,6-13H2,(H,25,26)/t15?,16?,17?,20-,23?/m0/s1. The van der Waals surface area contributed by atoms with Crippen LogP contribution in [-0.4, -0.2) is 35.4 Å². The smallest absolute Gasteiger partial charge is 0.256 e. The van der Waals surface area contributed by atoms with Gasteiger partial charge < -0.3 is 10.2 Å². The lowest BCUT2D eigenvalue weighted by atomic mass is 9.50. The second kappa shape index (κ2) is 6.16. The zero-order valence-corrected chi connectivity index (χ0v) is 16.3. The maximum atomic E-state index is 13.0. The van der Waals surface area contributed by atoms with E-state index in [0.717, 1.165) is 54.2 Å². The number of nitrogens with zero attached hydrogens (tertiary/aromatic N) is 3. The molecule has 5 fully saturated rings.